The average molecular weight is 649 g/mol. The lowest BCUT2D eigenvalue weighted by Crippen LogP contribution is -2.35. The summed E-state index contributed by atoms with van der Waals surface area (Å²) in [4.78, 5) is 41.4. The molecule has 0 aliphatic rings. The van der Waals surface area contributed by atoms with Gasteiger partial charge < -0.3 is 24.3 Å². The molecule has 3 rings (SSSR count). The molecule has 1 aromatic heterocycles. The molecule has 10 heteroatoms. The fraction of sp³-hybridized carbons (Fsp3) is 0.389. The molecule has 1 N–H and O–H groups in total. The van der Waals surface area contributed by atoms with E-state index < -0.39 is 23.7 Å². The van der Waals surface area contributed by atoms with E-state index in [0.29, 0.717) is 37.3 Å². The first kappa shape index (κ1) is 36.0. The molecule has 46 heavy (non-hydrogen) atoms. The minimum Gasteiger partial charge on any atom is -0.489 e. The number of carbonyl (C=O) groups is 3. The highest BCUT2D eigenvalue weighted by Crippen LogP contribution is 2.26. The van der Waals surface area contributed by atoms with E-state index in [4.69, 9.17) is 23.9 Å². The first-order chi connectivity index (χ1) is 21.9. The zero-order valence-electron chi connectivity index (χ0n) is 27.5. The van der Waals surface area contributed by atoms with E-state index >= 15 is 0 Å². The summed E-state index contributed by atoms with van der Waals surface area (Å²) < 4.78 is 21.6. The standard InChI is InChI=1S/C36H44N2O7S/c1-7-42-32(39)14-11-19-43-34(40)26(3)20-25(2)21-29-24-46-33(37-29)31(38-35(41)45-36(4,5)6)22-27-15-17-30(18-16-27)44-23-28-12-9-8-10-13-28/h8-10,12-13,15-18,20-21,24,31H,7,11,14,19,22-23H2,1-6H3,(H,38,41)/b25-21+,26-20-/t31-/m0/s1. The van der Waals surface area contributed by atoms with Crippen LogP contribution < -0.4 is 10.1 Å². The SMILES string of the molecule is CCOC(=O)CCCOC(=O)/C(C)=C\C(C)=C\c1csc([C@H](Cc2ccc(OCc3ccccc3)cc2)NC(=O)OC(C)(C)C)n1. The smallest absolute Gasteiger partial charge is 0.408 e. The molecule has 0 saturated heterocycles. The van der Waals surface area contributed by atoms with Gasteiger partial charge in [-0.15, -0.1) is 11.3 Å². The second kappa shape index (κ2) is 17.9. The summed E-state index contributed by atoms with van der Waals surface area (Å²) in [6, 6.07) is 17.3. The van der Waals surface area contributed by atoms with Crippen LogP contribution in [-0.2, 0) is 36.8 Å². The minimum atomic E-state index is -0.646. The second-order valence-corrected chi connectivity index (χ2v) is 12.6. The van der Waals surface area contributed by atoms with Gasteiger partial charge in [-0.25, -0.2) is 14.6 Å². The Morgan fingerprint density at radius 2 is 1.70 bits per heavy atom. The van der Waals surface area contributed by atoms with E-state index in [-0.39, 0.29) is 19.0 Å². The van der Waals surface area contributed by atoms with Gasteiger partial charge in [-0.2, -0.15) is 0 Å². The zero-order chi connectivity index (χ0) is 33.5. The van der Waals surface area contributed by atoms with Crippen molar-refractivity contribution in [3.63, 3.8) is 0 Å². The number of aromatic nitrogens is 1. The van der Waals surface area contributed by atoms with Crippen LogP contribution in [0.25, 0.3) is 6.08 Å². The van der Waals surface area contributed by atoms with Gasteiger partial charge in [0, 0.05) is 17.4 Å². The fourth-order valence-corrected chi connectivity index (χ4v) is 5.11. The Balaban J connectivity index is 1.66. The Labute approximate surface area is 275 Å². The van der Waals surface area contributed by atoms with Crippen molar-refractivity contribution >= 4 is 35.4 Å². The number of hydrogen-bond donors (Lipinski definition) is 1. The Morgan fingerprint density at radius 3 is 2.37 bits per heavy atom. The Kier molecular flexibility index (Phi) is 14.0. The molecule has 0 aliphatic heterocycles. The van der Waals surface area contributed by atoms with Gasteiger partial charge in [0.05, 0.1) is 24.9 Å². The molecule has 2 aromatic carbocycles. The monoisotopic (exact) mass is 648 g/mol. The molecular weight excluding hydrogens is 604 g/mol. The topological polar surface area (TPSA) is 113 Å². The lowest BCUT2D eigenvalue weighted by atomic mass is 10.1. The summed E-state index contributed by atoms with van der Waals surface area (Å²) in [6.07, 6.45) is 4.16. The van der Waals surface area contributed by atoms with E-state index in [1.54, 1.807) is 19.9 Å². The van der Waals surface area contributed by atoms with E-state index in [9.17, 15) is 14.4 Å². The largest absolute Gasteiger partial charge is 0.489 e. The third kappa shape index (κ3) is 13.3. The molecule has 0 saturated carbocycles. The maximum Gasteiger partial charge on any atom is 0.408 e. The molecule has 0 fully saturated rings. The van der Waals surface area contributed by atoms with Gasteiger partial charge in [0.1, 0.15) is 23.0 Å². The predicted molar refractivity (Wildman–Crippen MR) is 179 cm³/mol. The van der Waals surface area contributed by atoms with E-state index in [2.05, 4.69) is 5.32 Å². The molecule has 1 atom stereocenters. The summed E-state index contributed by atoms with van der Waals surface area (Å²) in [7, 11) is 0. The van der Waals surface area contributed by atoms with Crippen LogP contribution in [0.5, 0.6) is 5.75 Å². The van der Waals surface area contributed by atoms with Gasteiger partial charge in [-0.05, 0) is 95.4 Å². The summed E-state index contributed by atoms with van der Waals surface area (Å²) in [6.45, 7) is 11.7. The Bertz CT molecular complexity index is 1490. The summed E-state index contributed by atoms with van der Waals surface area (Å²) in [5.74, 6) is -0.00298. The van der Waals surface area contributed by atoms with Gasteiger partial charge >= 0.3 is 18.0 Å². The third-order valence-corrected chi connectivity index (χ3v) is 7.32. The number of hydrogen-bond acceptors (Lipinski definition) is 9. The summed E-state index contributed by atoms with van der Waals surface area (Å²) >= 11 is 1.43. The van der Waals surface area contributed by atoms with Gasteiger partial charge in [0.15, 0.2) is 0 Å². The number of carbonyl (C=O) groups excluding carboxylic acids is 3. The quantitative estimate of drug-likeness (QED) is 0.0585. The van der Waals surface area contributed by atoms with Crippen LogP contribution in [0.2, 0.25) is 0 Å². The van der Waals surface area contributed by atoms with Crippen LogP contribution >= 0.6 is 11.3 Å². The third-order valence-electron chi connectivity index (χ3n) is 6.35. The van der Waals surface area contributed by atoms with E-state index in [1.807, 2.05) is 93.7 Å². The highest BCUT2D eigenvalue weighted by atomic mass is 32.1. The fourth-order valence-electron chi connectivity index (χ4n) is 4.28. The molecule has 246 valence electrons. The number of amides is 1. The molecule has 3 aromatic rings. The zero-order valence-corrected chi connectivity index (χ0v) is 28.3. The number of nitrogens with one attached hydrogen (secondary N) is 1. The normalized spacial score (nSPS) is 12.7. The maximum absolute atomic E-state index is 12.8. The van der Waals surface area contributed by atoms with Gasteiger partial charge in [-0.1, -0.05) is 42.5 Å². The van der Waals surface area contributed by atoms with Crippen molar-refractivity contribution in [2.45, 2.75) is 79.1 Å². The van der Waals surface area contributed by atoms with Crippen molar-refractivity contribution in [1.82, 2.24) is 10.3 Å². The molecule has 0 radical (unpaired) electrons. The number of benzene rings is 2. The lowest BCUT2D eigenvalue weighted by molar-refractivity contribution is -0.145. The number of allylic oxidation sites excluding steroid dienone is 2. The highest BCUT2D eigenvalue weighted by Gasteiger charge is 2.23. The van der Waals surface area contributed by atoms with Crippen molar-refractivity contribution in [3.05, 3.63) is 99.0 Å². The lowest BCUT2D eigenvalue weighted by Gasteiger charge is -2.23. The Hall–Kier alpha value is -4.44. The number of ether oxygens (including phenoxy) is 4. The number of rotatable bonds is 15. The molecular formula is C36H44N2O7S. The first-order valence-corrected chi connectivity index (χ1v) is 16.2. The number of esters is 2. The molecule has 0 aliphatic carbocycles. The van der Waals surface area contributed by atoms with Crippen molar-refractivity contribution < 1.29 is 33.3 Å². The first-order valence-electron chi connectivity index (χ1n) is 15.3. The highest BCUT2D eigenvalue weighted by molar-refractivity contribution is 7.09. The van der Waals surface area contributed by atoms with Crippen LogP contribution in [0, 0.1) is 0 Å². The molecule has 9 nitrogen and oxygen atoms in total. The van der Waals surface area contributed by atoms with Crippen LogP contribution in [-0.4, -0.2) is 41.8 Å². The Morgan fingerprint density at radius 1 is 0.978 bits per heavy atom. The maximum atomic E-state index is 12.8. The second-order valence-electron chi connectivity index (χ2n) is 11.7. The minimum absolute atomic E-state index is 0.135. The molecule has 1 amide bonds. The van der Waals surface area contributed by atoms with Crippen molar-refractivity contribution in [1.29, 1.82) is 0 Å². The molecule has 0 bridgehead atoms. The summed E-state index contributed by atoms with van der Waals surface area (Å²) in [5.41, 5.74) is 3.37. The average Bonchev–Trinajstić information content (AvgIpc) is 3.46. The predicted octanol–water partition coefficient (Wildman–Crippen LogP) is 7.77. The van der Waals surface area contributed by atoms with Crippen LogP contribution in [0.3, 0.4) is 0 Å². The van der Waals surface area contributed by atoms with Crippen molar-refractivity contribution in [2.24, 2.45) is 0 Å². The van der Waals surface area contributed by atoms with Crippen molar-refractivity contribution in [2.75, 3.05) is 13.2 Å². The van der Waals surface area contributed by atoms with Crippen molar-refractivity contribution in [3.8, 4) is 5.75 Å². The van der Waals surface area contributed by atoms with Gasteiger partial charge in [0.2, 0.25) is 0 Å². The van der Waals surface area contributed by atoms with E-state index in [0.717, 1.165) is 27.5 Å². The number of nitrogens with zero attached hydrogens (tertiary/aromatic N) is 1. The molecule has 1 heterocycles. The molecule has 0 unspecified atom stereocenters. The van der Waals surface area contributed by atoms with Crippen LogP contribution in [0.1, 0.15) is 82.3 Å². The number of alkyl carbamates (subject to hydrolysis) is 1. The van der Waals surface area contributed by atoms with E-state index in [1.165, 1.54) is 11.3 Å². The van der Waals surface area contributed by atoms with Gasteiger partial charge in [0.25, 0.3) is 0 Å². The van der Waals surface area contributed by atoms with Crippen LogP contribution in [0.4, 0.5) is 4.79 Å². The van der Waals surface area contributed by atoms with Crippen LogP contribution in [0.15, 0.2) is 77.2 Å². The van der Waals surface area contributed by atoms with Gasteiger partial charge in [-0.3, -0.25) is 4.79 Å². The molecule has 0 spiro atoms. The number of thiazole rings is 1. The summed E-state index contributed by atoms with van der Waals surface area (Å²) in [5, 5.41) is 5.61.